The zero-order valence-electron chi connectivity index (χ0n) is 11.3. The average Bonchev–Trinajstić information content (AvgIpc) is 2.44. The topological polar surface area (TPSA) is 68.5 Å². The van der Waals surface area contributed by atoms with E-state index in [0.717, 1.165) is 17.6 Å². The maximum atomic E-state index is 12.2. The van der Waals surface area contributed by atoms with Gasteiger partial charge in [-0.1, -0.05) is 6.92 Å². The van der Waals surface area contributed by atoms with E-state index in [4.69, 9.17) is 9.84 Å². The summed E-state index contributed by atoms with van der Waals surface area (Å²) < 4.78 is 6.95. The lowest BCUT2D eigenvalue weighted by molar-refractivity contribution is -0.137. The molecule has 0 atom stereocenters. The third-order valence-corrected chi connectivity index (χ3v) is 2.99. The van der Waals surface area contributed by atoms with Crippen LogP contribution in [0.5, 0.6) is 5.75 Å². The number of carbonyl (C=O) groups is 1. The summed E-state index contributed by atoms with van der Waals surface area (Å²) in [7, 11) is 0. The van der Waals surface area contributed by atoms with Crippen LogP contribution in [0, 0.1) is 0 Å². The van der Waals surface area contributed by atoms with Gasteiger partial charge in [0.15, 0.2) is 0 Å². The number of hydrogen-bond donors (Lipinski definition) is 1. The first-order valence-electron chi connectivity index (χ1n) is 6.59. The standard InChI is InChI=1S/C15H17NO4/c1-2-9-20-12-3-4-13-11(10-12)5-7-16(15(13)19)8-6-14(17)18/h3-5,7,10H,2,6,8-9H2,1H3,(H,17,18). The zero-order valence-corrected chi connectivity index (χ0v) is 11.3. The van der Waals surface area contributed by atoms with Crippen LogP contribution in [0.25, 0.3) is 10.8 Å². The van der Waals surface area contributed by atoms with E-state index < -0.39 is 5.97 Å². The molecule has 0 radical (unpaired) electrons. The molecule has 1 heterocycles. The first kappa shape index (κ1) is 14.1. The fourth-order valence-electron chi connectivity index (χ4n) is 1.97. The Morgan fingerprint density at radius 1 is 1.35 bits per heavy atom. The molecule has 2 aromatic rings. The summed E-state index contributed by atoms with van der Waals surface area (Å²) in [6, 6.07) is 7.12. The minimum atomic E-state index is -0.916. The molecule has 0 saturated heterocycles. The van der Waals surface area contributed by atoms with E-state index in [1.807, 2.05) is 13.0 Å². The first-order valence-corrected chi connectivity index (χ1v) is 6.59. The third-order valence-electron chi connectivity index (χ3n) is 2.99. The van der Waals surface area contributed by atoms with Crippen LogP contribution in [0.1, 0.15) is 19.8 Å². The van der Waals surface area contributed by atoms with Crippen LogP contribution >= 0.6 is 0 Å². The summed E-state index contributed by atoms with van der Waals surface area (Å²) in [4.78, 5) is 22.8. The maximum Gasteiger partial charge on any atom is 0.305 e. The minimum absolute atomic E-state index is 0.0664. The number of aromatic nitrogens is 1. The molecular formula is C15H17NO4. The molecule has 5 heteroatoms. The van der Waals surface area contributed by atoms with Gasteiger partial charge in [0, 0.05) is 18.1 Å². The van der Waals surface area contributed by atoms with E-state index in [1.54, 1.807) is 24.4 Å². The van der Waals surface area contributed by atoms with Crippen LogP contribution < -0.4 is 10.3 Å². The predicted octanol–water partition coefficient (Wildman–Crippen LogP) is 2.27. The van der Waals surface area contributed by atoms with E-state index in [-0.39, 0.29) is 18.5 Å². The molecule has 0 fully saturated rings. The van der Waals surface area contributed by atoms with Gasteiger partial charge in [0.2, 0.25) is 0 Å². The number of fused-ring (bicyclic) bond motifs is 1. The lowest BCUT2D eigenvalue weighted by atomic mass is 10.1. The molecule has 5 nitrogen and oxygen atoms in total. The lowest BCUT2D eigenvalue weighted by Gasteiger charge is -2.08. The minimum Gasteiger partial charge on any atom is -0.494 e. The van der Waals surface area contributed by atoms with Crippen molar-refractivity contribution in [1.82, 2.24) is 4.57 Å². The van der Waals surface area contributed by atoms with Gasteiger partial charge in [-0.25, -0.2) is 0 Å². The highest BCUT2D eigenvalue weighted by molar-refractivity contribution is 5.82. The Hall–Kier alpha value is -2.30. The number of aryl methyl sites for hydroxylation is 1. The van der Waals surface area contributed by atoms with Crippen molar-refractivity contribution in [2.45, 2.75) is 26.3 Å². The van der Waals surface area contributed by atoms with Gasteiger partial charge in [0.05, 0.1) is 13.0 Å². The number of pyridine rings is 1. The number of ether oxygens (including phenoxy) is 1. The van der Waals surface area contributed by atoms with Crippen molar-refractivity contribution >= 4 is 16.7 Å². The van der Waals surface area contributed by atoms with Crippen molar-refractivity contribution in [2.75, 3.05) is 6.61 Å². The second kappa shape index (κ2) is 6.23. The van der Waals surface area contributed by atoms with Gasteiger partial charge in [0.25, 0.3) is 5.56 Å². The Bertz CT molecular complexity index is 675. The molecule has 0 aliphatic rings. The van der Waals surface area contributed by atoms with Crippen molar-refractivity contribution in [3.8, 4) is 5.75 Å². The molecule has 2 rings (SSSR count). The van der Waals surface area contributed by atoms with E-state index in [2.05, 4.69) is 0 Å². The fraction of sp³-hybridized carbons (Fsp3) is 0.333. The van der Waals surface area contributed by atoms with Gasteiger partial charge < -0.3 is 14.4 Å². The number of carboxylic acid groups (broad SMARTS) is 1. The summed E-state index contributed by atoms with van der Waals surface area (Å²) in [6.45, 7) is 2.85. The fourth-order valence-corrected chi connectivity index (χ4v) is 1.97. The number of nitrogens with zero attached hydrogens (tertiary/aromatic N) is 1. The van der Waals surface area contributed by atoms with Crippen molar-refractivity contribution < 1.29 is 14.6 Å². The summed E-state index contributed by atoms with van der Waals surface area (Å²) >= 11 is 0. The number of benzene rings is 1. The largest absolute Gasteiger partial charge is 0.494 e. The van der Waals surface area contributed by atoms with Crippen molar-refractivity contribution in [1.29, 1.82) is 0 Å². The molecule has 0 saturated carbocycles. The molecule has 20 heavy (non-hydrogen) atoms. The highest BCUT2D eigenvalue weighted by atomic mass is 16.5. The number of hydrogen-bond acceptors (Lipinski definition) is 3. The molecule has 1 N–H and O–H groups in total. The predicted molar refractivity (Wildman–Crippen MR) is 76.2 cm³/mol. The van der Waals surface area contributed by atoms with Gasteiger partial charge >= 0.3 is 5.97 Å². The zero-order chi connectivity index (χ0) is 14.5. The third kappa shape index (κ3) is 3.17. The van der Waals surface area contributed by atoms with Gasteiger partial charge in [-0.05, 0) is 36.1 Å². The molecule has 106 valence electrons. The molecule has 1 aromatic carbocycles. The number of aliphatic carboxylic acids is 1. The summed E-state index contributed by atoms with van der Waals surface area (Å²) in [5.74, 6) is -0.178. The molecule has 0 bridgehead atoms. The Balaban J connectivity index is 2.32. The summed E-state index contributed by atoms with van der Waals surface area (Å²) in [5.41, 5.74) is -0.175. The lowest BCUT2D eigenvalue weighted by Crippen LogP contribution is -2.20. The molecule has 0 aliphatic carbocycles. The van der Waals surface area contributed by atoms with Crippen LogP contribution in [0.3, 0.4) is 0 Å². The summed E-state index contributed by atoms with van der Waals surface area (Å²) in [5, 5.41) is 10.0. The highest BCUT2D eigenvalue weighted by Gasteiger charge is 2.05. The normalized spacial score (nSPS) is 10.7. The van der Waals surface area contributed by atoms with E-state index in [9.17, 15) is 9.59 Å². The maximum absolute atomic E-state index is 12.2. The monoisotopic (exact) mass is 275 g/mol. The Morgan fingerprint density at radius 2 is 2.15 bits per heavy atom. The first-order chi connectivity index (χ1) is 9.61. The van der Waals surface area contributed by atoms with Crippen LogP contribution in [-0.4, -0.2) is 22.2 Å². The number of carboxylic acids is 1. The van der Waals surface area contributed by atoms with Crippen LogP contribution in [0.4, 0.5) is 0 Å². The molecule has 0 spiro atoms. The second-order valence-corrected chi connectivity index (χ2v) is 4.56. The van der Waals surface area contributed by atoms with Crippen LogP contribution in [0.2, 0.25) is 0 Å². The molecular weight excluding hydrogens is 258 g/mol. The Labute approximate surface area is 116 Å². The molecule has 0 amide bonds. The van der Waals surface area contributed by atoms with Gasteiger partial charge in [-0.15, -0.1) is 0 Å². The van der Waals surface area contributed by atoms with Crippen molar-refractivity contribution in [2.24, 2.45) is 0 Å². The quantitative estimate of drug-likeness (QED) is 0.878. The van der Waals surface area contributed by atoms with Gasteiger partial charge in [-0.3, -0.25) is 9.59 Å². The Kier molecular flexibility index (Phi) is 4.40. The number of rotatable bonds is 6. The van der Waals surface area contributed by atoms with E-state index >= 15 is 0 Å². The van der Waals surface area contributed by atoms with Crippen molar-refractivity contribution in [3.63, 3.8) is 0 Å². The Morgan fingerprint density at radius 3 is 2.85 bits per heavy atom. The average molecular weight is 275 g/mol. The summed E-state index contributed by atoms with van der Waals surface area (Å²) in [6.07, 6.45) is 2.48. The highest BCUT2D eigenvalue weighted by Crippen LogP contribution is 2.18. The molecule has 0 aliphatic heterocycles. The van der Waals surface area contributed by atoms with Gasteiger partial charge in [0.1, 0.15) is 5.75 Å². The van der Waals surface area contributed by atoms with Crippen LogP contribution in [-0.2, 0) is 11.3 Å². The van der Waals surface area contributed by atoms with Crippen molar-refractivity contribution in [3.05, 3.63) is 40.8 Å². The van der Waals surface area contributed by atoms with Crippen LogP contribution in [0.15, 0.2) is 35.3 Å². The van der Waals surface area contributed by atoms with E-state index in [0.29, 0.717) is 12.0 Å². The molecule has 1 aromatic heterocycles. The van der Waals surface area contributed by atoms with Gasteiger partial charge in [-0.2, -0.15) is 0 Å². The molecule has 0 unspecified atom stereocenters. The smallest absolute Gasteiger partial charge is 0.305 e. The SMILES string of the molecule is CCCOc1ccc2c(=O)n(CCC(=O)O)ccc2c1. The second-order valence-electron chi connectivity index (χ2n) is 4.56. The van der Waals surface area contributed by atoms with E-state index in [1.165, 1.54) is 4.57 Å².